The molecule has 36 valence electrons. The SMILES string of the molecule is [Si]c1nccnc1[Si]. The zero-order chi connectivity index (χ0) is 5.98. The van der Waals surface area contributed by atoms with Crippen molar-refractivity contribution >= 4 is 31.1 Å². The molecular formula is C4H2N2Si2. The van der Waals surface area contributed by atoms with E-state index < -0.39 is 0 Å². The molecule has 0 atom stereocenters. The maximum absolute atomic E-state index is 3.88. The molecule has 1 heterocycles. The first-order valence-corrected chi connectivity index (χ1v) is 3.05. The molecule has 0 N–H and O–H groups in total. The third kappa shape index (κ3) is 1.02. The normalized spacial score (nSPS) is 9.25. The molecule has 1 rings (SSSR count). The lowest BCUT2D eigenvalue weighted by molar-refractivity contribution is 1.28. The lowest BCUT2D eigenvalue weighted by atomic mass is 10.8. The van der Waals surface area contributed by atoms with Crippen molar-refractivity contribution in [3.63, 3.8) is 0 Å². The Morgan fingerprint density at radius 1 is 1.00 bits per heavy atom. The highest BCUT2D eigenvalue weighted by Crippen LogP contribution is 1.59. The van der Waals surface area contributed by atoms with Crippen LogP contribution in [0, 0.1) is 0 Å². The highest BCUT2D eigenvalue weighted by atomic mass is 28.2. The van der Waals surface area contributed by atoms with Crippen molar-refractivity contribution in [1.29, 1.82) is 0 Å². The Labute approximate surface area is 54.2 Å². The summed E-state index contributed by atoms with van der Waals surface area (Å²) < 4.78 is 0. The predicted molar refractivity (Wildman–Crippen MR) is 32.8 cm³/mol. The Morgan fingerprint density at radius 3 is 1.62 bits per heavy atom. The summed E-state index contributed by atoms with van der Waals surface area (Å²) in [6.45, 7) is 0. The zero-order valence-electron chi connectivity index (χ0n) is 4.05. The quantitative estimate of drug-likeness (QED) is 0.386. The van der Waals surface area contributed by atoms with Crippen LogP contribution in [0.1, 0.15) is 0 Å². The van der Waals surface area contributed by atoms with Gasteiger partial charge in [0, 0.05) is 23.0 Å². The van der Waals surface area contributed by atoms with Gasteiger partial charge in [-0.25, -0.2) is 0 Å². The van der Waals surface area contributed by atoms with E-state index in [1.54, 1.807) is 12.4 Å². The fraction of sp³-hybridized carbons (Fsp3) is 0. The topological polar surface area (TPSA) is 25.8 Å². The largest absolute Gasteiger partial charge is 0.264 e. The fourth-order valence-corrected chi connectivity index (χ4v) is 0.616. The molecule has 0 amide bonds. The Hall–Kier alpha value is -0.486. The molecule has 0 aromatic carbocycles. The molecule has 4 heteroatoms. The van der Waals surface area contributed by atoms with Gasteiger partial charge in [0.15, 0.2) is 0 Å². The smallest absolute Gasteiger partial charge is 0.101 e. The zero-order valence-corrected chi connectivity index (χ0v) is 6.05. The van der Waals surface area contributed by atoms with Crippen LogP contribution in [0.5, 0.6) is 0 Å². The van der Waals surface area contributed by atoms with Gasteiger partial charge in [-0.3, -0.25) is 9.97 Å². The molecule has 0 fully saturated rings. The lowest BCUT2D eigenvalue weighted by Gasteiger charge is -1.91. The van der Waals surface area contributed by atoms with E-state index in [9.17, 15) is 0 Å². The molecule has 8 heavy (non-hydrogen) atoms. The summed E-state index contributed by atoms with van der Waals surface area (Å²) in [4.78, 5) is 7.76. The Bertz CT molecular complexity index is 168. The highest BCUT2D eigenvalue weighted by molar-refractivity contribution is 6.46. The van der Waals surface area contributed by atoms with Gasteiger partial charge in [-0.1, -0.05) is 0 Å². The molecule has 1 aromatic heterocycles. The first-order chi connectivity index (χ1) is 3.80. The Balaban J connectivity index is 3.13. The summed E-state index contributed by atoms with van der Waals surface area (Å²) >= 11 is 0. The average molecular weight is 134 g/mol. The van der Waals surface area contributed by atoms with Gasteiger partial charge in [-0.05, 0) is 0 Å². The molecule has 0 aliphatic heterocycles. The van der Waals surface area contributed by atoms with Gasteiger partial charge >= 0.3 is 0 Å². The summed E-state index contributed by atoms with van der Waals surface area (Å²) in [6.07, 6.45) is 3.23. The van der Waals surface area contributed by atoms with Gasteiger partial charge in [-0.15, -0.1) is 0 Å². The molecule has 0 bridgehead atoms. The first-order valence-electron chi connectivity index (χ1n) is 2.05. The molecule has 2 nitrogen and oxygen atoms in total. The van der Waals surface area contributed by atoms with E-state index in [2.05, 4.69) is 30.5 Å². The van der Waals surface area contributed by atoms with Crippen molar-refractivity contribution in [2.24, 2.45) is 0 Å². The summed E-state index contributed by atoms with van der Waals surface area (Å²) in [5.41, 5.74) is 0. The van der Waals surface area contributed by atoms with Crippen LogP contribution in [0.25, 0.3) is 0 Å². The molecule has 1 aromatic rings. The average Bonchev–Trinajstić information content (AvgIpc) is 1.77. The molecular weight excluding hydrogens is 132 g/mol. The van der Waals surface area contributed by atoms with E-state index in [-0.39, 0.29) is 0 Å². The van der Waals surface area contributed by atoms with Gasteiger partial charge in [-0.2, -0.15) is 0 Å². The fourth-order valence-electron chi connectivity index (χ4n) is 0.338. The predicted octanol–water partition coefficient (Wildman–Crippen LogP) is -1.94. The van der Waals surface area contributed by atoms with E-state index >= 15 is 0 Å². The maximum atomic E-state index is 3.88. The van der Waals surface area contributed by atoms with Crippen molar-refractivity contribution in [3.05, 3.63) is 12.4 Å². The van der Waals surface area contributed by atoms with Crippen molar-refractivity contribution in [1.82, 2.24) is 9.97 Å². The third-order valence-electron chi connectivity index (χ3n) is 0.698. The van der Waals surface area contributed by atoms with E-state index in [0.29, 0.717) is 0 Å². The third-order valence-corrected chi connectivity index (χ3v) is 1.68. The molecule has 0 aliphatic rings. The summed E-state index contributed by atoms with van der Waals surface area (Å²) in [5.74, 6) is 0. The number of aromatic nitrogens is 2. The van der Waals surface area contributed by atoms with Gasteiger partial charge in [0.2, 0.25) is 0 Å². The number of hydrogen-bond donors (Lipinski definition) is 0. The molecule has 6 radical (unpaired) electrons. The maximum Gasteiger partial charge on any atom is 0.101 e. The van der Waals surface area contributed by atoms with Gasteiger partial charge in [0.05, 0.1) is 0 Å². The summed E-state index contributed by atoms with van der Waals surface area (Å²) in [5, 5.41) is 1.45. The minimum absolute atomic E-state index is 0.726. The minimum atomic E-state index is 0.726. The van der Waals surface area contributed by atoms with Crippen molar-refractivity contribution in [2.45, 2.75) is 0 Å². The van der Waals surface area contributed by atoms with E-state index in [0.717, 1.165) is 10.6 Å². The second kappa shape index (κ2) is 2.19. The number of hydrogen-bond acceptors (Lipinski definition) is 2. The standard InChI is InChI=1S/C4H2N2Si2/c7-3-4(8)6-2-1-5-3/h1-2H. The van der Waals surface area contributed by atoms with Crippen molar-refractivity contribution in [3.8, 4) is 0 Å². The number of rotatable bonds is 0. The molecule has 0 saturated carbocycles. The minimum Gasteiger partial charge on any atom is -0.264 e. The van der Waals surface area contributed by atoms with E-state index in [1.807, 2.05) is 0 Å². The summed E-state index contributed by atoms with van der Waals surface area (Å²) in [7, 11) is 6.44. The van der Waals surface area contributed by atoms with E-state index in [4.69, 9.17) is 0 Å². The van der Waals surface area contributed by atoms with Crippen LogP contribution in [0.4, 0.5) is 0 Å². The second-order valence-corrected chi connectivity index (χ2v) is 2.20. The van der Waals surface area contributed by atoms with Crippen LogP contribution in [0.15, 0.2) is 12.4 Å². The molecule has 0 unspecified atom stereocenters. The highest BCUT2D eigenvalue weighted by Gasteiger charge is 1.87. The van der Waals surface area contributed by atoms with Gasteiger partial charge < -0.3 is 0 Å². The van der Waals surface area contributed by atoms with Crippen LogP contribution in [0.2, 0.25) is 0 Å². The van der Waals surface area contributed by atoms with Gasteiger partial charge in [0.25, 0.3) is 0 Å². The number of nitrogens with zero attached hydrogens (tertiary/aromatic N) is 2. The van der Waals surface area contributed by atoms with Crippen LogP contribution in [0.3, 0.4) is 0 Å². The van der Waals surface area contributed by atoms with Gasteiger partial charge in [0.1, 0.15) is 20.5 Å². The van der Waals surface area contributed by atoms with Crippen LogP contribution >= 0.6 is 0 Å². The van der Waals surface area contributed by atoms with E-state index in [1.165, 1.54) is 0 Å². The van der Waals surface area contributed by atoms with Crippen LogP contribution < -0.4 is 10.6 Å². The van der Waals surface area contributed by atoms with Crippen LogP contribution in [-0.2, 0) is 0 Å². The second-order valence-electron chi connectivity index (χ2n) is 1.25. The van der Waals surface area contributed by atoms with Crippen molar-refractivity contribution in [2.75, 3.05) is 0 Å². The first kappa shape index (κ1) is 5.65. The molecule has 0 spiro atoms. The Kier molecular flexibility index (Phi) is 1.54. The summed E-state index contributed by atoms with van der Waals surface area (Å²) in [6, 6.07) is 0. The Morgan fingerprint density at radius 2 is 1.38 bits per heavy atom. The molecule has 0 aliphatic carbocycles. The lowest BCUT2D eigenvalue weighted by Crippen LogP contribution is -2.30. The monoisotopic (exact) mass is 134 g/mol. The van der Waals surface area contributed by atoms with Crippen molar-refractivity contribution < 1.29 is 0 Å². The molecule has 0 saturated heterocycles. The van der Waals surface area contributed by atoms with Crippen LogP contribution in [-0.4, -0.2) is 30.5 Å².